The van der Waals surface area contributed by atoms with Gasteiger partial charge >= 0.3 is 0 Å². The van der Waals surface area contributed by atoms with E-state index in [1.807, 2.05) is 44.2 Å². The van der Waals surface area contributed by atoms with Gasteiger partial charge in [-0.15, -0.1) is 0 Å². The molecule has 1 amide bonds. The lowest BCUT2D eigenvalue weighted by molar-refractivity contribution is -0.125. The van der Waals surface area contributed by atoms with Crippen LogP contribution in [0.2, 0.25) is 0 Å². The summed E-state index contributed by atoms with van der Waals surface area (Å²) in [5.41, 5.74) is 2.45. The largest absolute Gasteiger partial charge is 0.352 e. The van der Waals surface area contributed by atoms with E-state index in [2.05, 4.69) is 15.5 Å². The fourth-order valence-corrected chi connectivity index (χ4v) is 4.39. The van der Waals surface area contributed by atoms with Crippen molar-refractivity contribution in [2.24, 2.45) is 0 Å². The maximum atomic E-state index is 13.2. The molecule has 0 unspecified atom stereocenters. The van der Waals surface area contributed by atoms with Crippen LogP contribution in [0.1, 0.15) is 62.9 Å². The fourth-order valence-electron chi connectivity index (χ4n) is 4.39. The number of carbonyl (C=O) groups excluding carboxylic acids is 1. The Hall–Kier alpha value is -2.96. The van der Waals surface area contributed by atoms with E-state index in [-0.39, 0.29) is 17.5 Å². The predicted molar refractivity (Wildman–Crippen MR) is 117 cm³/mol. The maximum Gasteiger partial charge on any atom is 0.295 e. The second-order valence-corrected chi connectivity index (χ2v) is 8.26. The number of amides is 1. The zero-order chi connectivity index (χ0) is 21.3. The third-order valence-corrected chi connectivity index (χ3v) is 6.10. The van der Waals surface area contributed by atoms with Gasteiger partial charge in [0.15, 0.2) is 5.52 Å². The van der Waals surface area contributed by atoms with Crippen molar-refractivity contribution in [3.63, 3.8) is 0 Å². The van der Waals surface area contributed by atoms with Crippen LogP contribution in [0.3, 0.4) is 0 Å². The molecule has 7 nitrogen and oxygen atoms in total. The van der Waals surface area contributed by atoms with Crippen LogP contribution in [-0.4, -0.2) is 31.5 Å². The summed E-state index contributed by atoms with van der Waals surface area (Å²) in [5, 5.41) is 13.0. The number of carbonyl (C=O) groups is 1. The Morgan fingerprint density at radius 2 is 1.73 bits per heavy atom. The van der Waals surface area contributed by atoms with Crippen LogP contribution in [0.25, 0.3) is 16.6 Å². The van der Waals surface area contributed by atoms with Crippen LogP contribution in [0.15, 0.2) is 35.1 Å². The van der Waals surface area contributed by atoms with E-state index in [9.17, 15) is 9.59 Å². The van der Waals surface area contributed by atoms with Crippen molar-refractivity contribution in [3.8, 4) is 5.69 Å². The number of fused-ring (bicyclic) bond motifs is 1. The third kappa shape index (κ3) is 3.76. The maximum absolute atomic E-state index is 13.2. The molecule has 0 radical (unpaired) electrons. The van der Waals surface area contributed by atoms with Crippen LogP contribution in [0.5, 0.6) is 0 Å². The molecule has 1 atom stereocenters. The lowest BCUT2D eigenvalue weighted by Crippen LogP contribution is -2.42. The summed E-state index contributed by atoms with van der Waals surface area (Å²) in [6.45, 7) is 5.52. The summed E-state index contributed by atoms with van der Waals surface area (Å²) in [5.74, 6) is -0.158. The van der Waals surface area contributed by atoms with Gasteiger partial charge in [-0.05, 0) is 45.7 Å². The first-order valence-electron chi connectivity index (χ1n) is 10.8. The Balaban J connectivity index is 1.68. The predicted octanol–water partition coefficient (Wildman–Crippen LogP) is 3.60. The van der Waals surface area contributed by atoms with Gasteiger partial charge in [0.2, 0.25) is 5.91 Å². The number of para-hydroxylation sites is 1. The standard InChI is InChI=1S/C23H29N5O2/c1-15-20-16(2)27(19-13-9-6-10-14-19)26-21(20)23(30)28(25-15)17(3)22(29)24-18-11-7-4-5-8-12-18/h6,9-10,13-14,17-18H,4-5,7-8,11-12H2,1-3H3,(H,24,29)/t17-/m0/s1. The van der Waals surface area contributed by atoms with Crippen LogP contribution in [-0.2, 0) is 4.79 Å². The fraction of sp³-hybridized carbons (Fsp3) is 0.478. The first-order chi connectivity index (χ1) is 14.5. The third-order valence-electron chi connectivity index (χ3n) is 6.10. The molecule has 30 heavy (non-hydrogen) atoms. The van der Waals surface area contributed by atoms with Gasteiger partial charge in [-0.1, -0.05) is 43.9 Å². The van der Waals surface area contributed by atoms with Gasteiger partial charge in [-0.25, -0.2) is 9.36 Å². The smallest absolute Gasteiger partial charge is 0.295 e. The number of aryl methyl sites for hydroxylation is 2. The molecule has 1 saturated carbocycles. The molecule has 0 aliphatic heterocycles. The van der Waals surface area contributed by atoms with Gasteiger partial charge in [-0.2, -0.15) is 10.2 Å². The zero-order valence-electron chi connectivity index (χ0n) is 17.9. The molecule has 0 bridgehead atoms. The molecule has 0 saturated heterocycles. The molecule has 1 N–H and O–H groups in total. The van der Waals surface area contributed by atoms with Crippen LogP contribution in [0, 0.1) is 13.8 Å². The lowest BCUT2D eigenvalue weighted by Gasteiger charge is -2.20. The SMILES string of the molecule is Cc1nn([C@@H](C)C(=O)NC2CCCCCC2)c(=O)c2nn(-c3ccccc3)c(C)c12. The number of hydrogen-bond donors (Lipinski definition) is 1. The monoisotopic (exact) mass is 407 g/mol. The topological polar surface area (TPSA) is 81.8 Å². The van der Waals surface area contributed by atoms with Crippen molar-refractivity contribution >= 4 is 16.8 Å². The van der Waals surface area contributed by atoms with Gasteiger partial charge in [0, 0.05) is 6.04 Å². The van der Waals surface area contributed by atoms with Gasteiger partial charge in [0.1, 0.15) is 6.04 Å². The number of aromatic nitrogens is 4. The summed E-state index contributed by atoms with van der Waals surface area (Å²) >= 11 is 0. The van der Waals surface area contributed by atoms with Crippen molar-refractivity contribution in [3.05, 3.63) is 52.1 Å². The molecule has 3 aromatic rings. The van der Waals surface area contributed by atoms with Crippen molar-refractivity contribution in [1.29, 1.82) is 0 Å². The van der Waals surface area contributed by atoms with E-state index >= 15 is 0 Å². The molecule has 1 aliphatic carbocycles. The van der Waals surface area contributed by atoms with E-state index < -0.39 is 6.04 Å². The Morgan fingerprint density at radius 3 is 2.40 bits per heavy atom. The highest BCUT2D eigenvalue weighted by molar-refractivity contribution is 5.84. The number of benzene rings is 1. The summed E-state index contributed by atoms with van der Waals surface area (Å²) in [7, 11) is 0. The molecule has 0 spiro atoms. The quantitative estimate of drug-likeness (QED) is 0.670. The highest BCUT2D eigenvalue weighted by atomic mass is 16.2. The van der Waals surface area contributed by atoms with Crippen LogP contribution < -0.4 is 10.9 Å². The normalized spacial score (nSPS) is 16.4. The van der Waals surface area contributed by atoms with Crippen LogP contribution in [0.4, 0.5) is 0 Å². The van der Waals surface area contributed by atoms with E-state index in [0.717, 1.165) is 42.5 Å². The minimum absolute atomic E-state index is 0.158. The van der Waals surface area contributed by atoms with Gasteiger partial charge in [0.05, 0.1) is 22.5 Å². The average Bonchev–Trinajstić information content (AvgIpc) is 2.91. The summed E-state index contributed by atoms with van der Waals surface area (Å²) in [6, 6.07) is 9.20. The Labute approximate surface area is 176 Å². The number of rotatable bonds is 4. The summed E-state index contributed by atoms with van der Waals surface area (Å²) < 4.78 is 3.05. The van der Waals surface area contributed by atoms with Gasteiger partial charge in [-0.3, -0.25) is 9.59 Å². The Kier molecular flexibility index (Phi) is 5.70. The van der Waals surface area contributed by atoms with Crippen molar-refractivity contribution in [2.75, 3.05) is 0 Å². The highest BCUT2D eigenvalue weighted by Gasteiger charge is 2.25. The molecule has 1 aliphatic rings. The van der Waals surface area contributed by atoms with E-state index in [0.29, 0.717) is 11.2 Å². The number of hydrogen-bond acceptors (Lipinski definition) is 4. The first-order valence-corrected chi connectivity index (χ1v) is 10.8. The molecule has 4 rings (SSSR count). The molecule has 1 aromatic carbocycles. The van der Waals surface area contributed by atoms with E-state index in [4.69, 9.17) is 0 Å². The van der Waals surface area contributed by atoms with Gasteiger partial charge < -0.3 is 5.32 Å². The van der Waals surface area contributed by atoms with Crippen molar-refractivity contribution in [1.82, 2.24) is 24.9 Å². The van der Waals surface area contributed by atoms with Crippen LogP contribution >= 0.6 is 0 Å². The molecular formula is C23H29N5O2. The minimum Gasteiger partial charge on any atom is -0.352 e. The average molecular weight is 408 g/mol. The van der Waals surface area contributed by atoms with Gasteiger partial charge in [0.25, 0.3) is 5.56 Å². The van der Waals surface area contributed by atoms with E-state index in [1.165, 1.54) is 17.5 Å². The minimum atomic E-state index is -0.689. The second kappa shape index (κ2) is 8.42. The highest BCUT2D eigenvalue weighted by Crippen LogP contribution is 2.22. The Bertz CT molecular complexity index is 1110. The number of nitrogens with one attached hydrogen (secondary N) is 1. The Morgan fingerprint density at radius 1 is 1.07 bits per heavy atom. The molecule has 1 fully saturated rings. The number of nitrogens with zero attached hydrogens (tertiary/aromatic N) is 4. The summed E-state index contributed by atoms with van der Waals surface area (Å²) in [4.78, 5) is 26.1. The van der Waals surface area contributed by atoms with Crippen molar-refractivity contribution in [2.45, 2.75) is 71.4 Å². The molecular weight excluding hydrogens is 378 g/mol. The molecule has 158 valence electrons. The van der Waals surface area contributed by atoms with E-state index in [1.54, 1.807) is 11.6 Å². The zero-order valence-corrected chi connectivity index (χ0v) is 17.9. The molecule has 2 aromatic heterocycles. The second-order valence-electron chi connectivity index (χ2n) is 8.26. The lowest BCUT2D eigenvalue weighted by atomic mass is 10.1. The first kappa shape index (κ1) is 20.3. The summed E-state index contributed by atoms with van der Waals surface area (Å²) in [6.07, 6.45) is 6.72. The van der Waals surface area contributed by atoms with Crippen molar-refractivity contribution < 1.29 is 4.79 Å². The molecule has 7 heteroatoms. The molecule has 2 heterocycles.